The predicted octanol–water partition coefficient (Wildman–Crippen LogP) is 2.36. The van der Waals surface area contributed by atoms with E-state index in [-0.39, 0.29) is 0 Å². The third kappa shape index (κ3) is 2.76. The fourth-order valence-electron chi connectivity index (χ4n) is 0.645. The second-order valence-corrected chi connectivity index (χ2v) is 2.01. The SMILES string of the molecule is C/C=C/C=Nc1ccncc1. The molecule has 56 valence electrons. The van der Waals surface area contributed by atoms with Crippen LogP contribution in [0.1, 0.15) is 6.92 Å². The first-order valence-electron chi connectivity index (χ1n) is 3.49. The molecule has 0 aliphatic carbocycles. The van der Waals surface area contributed by atoms with Crippen molar-refractivity contribution < 1.29 is 0 Å². The Labute approximate surface area is 66.3 Å². The van der Waals surface area contributed by atoms with Crippen LogP contribution in [-0.4, -0.2) is 11.2 Å². The molecule has 0 radical (unpaired) electrons. The molecule has 1 aromatic heterocycles. The Balaban J connectivity index is 2.64. The van der Waals surface area contributed by atoms with Crippen molar-refractivity contribution >= 4 is 11.9 Å². The van der Waals surface area contributed by atoms with Crippen LogP contribution in [0.5, 0.6) is 0 Å². The Bertz CT molecular complexity index is 250. The molecule has 1 aromatic rings. The minimum absolute atomic E-state index is 0.929. The molecule has 0 aliphatic rings. The number of aromatic nitrogens is 1. The number of nitrogens with zero attached hydrogens (tertiary/aromatic N) is 2. The number of aliphatic imine (C=N–C) groups is 1. The maximum Gasteiger partial charge on any atom is 0.0660 e. The van der Waals surface area contributed by atoms with Crippen LogP contribution in [0.25, 0.3) is 0 Å². The smallest absolute Gasteiger partial charge is 0.0660 e. The quantitative estimate of drug-likeness (QED) is 0.588. The minimum atomic E-state index is 0.929. The third-order valence-electron chi connectivity index (χ3n) is 1.16. The summed E-state index contributed by atoms with van der Waals surface area (Å²) in [4.78, 5) is 8.03. The lowest BCUT2D eigenvalue weighted by molar-refractivity contribution is 1.32. The molecule has 0 unspecified atom stereocenters. The standard InChI is InChI=1S/C9H10N2/c1-2-3-6-11-9-4-7-10-8-5-9/h2-8H,1H3/b3-2+,11-6?. The normalized spacial score (nSPS) is 11.4. The molecule has 2 nitrogen and oxygen atoms in total. The van der Waals surface area contributed by atoms with Crippen LogP contribution >= 0.6 is 0 Å². The highest BCUT2D eigenvalue weighted by Crippen LogP contribution is 2.06. The van der Waals surface area contributed by atoms with Crippen molar-refractivity contribution in [1.82, 2.24) is 4.98 Å². The Hall–Kier alpha value is -1.44. The van der Waals surface area contributed by atoms with E-state index in [1.807, 2.05) is 31.2 Å². The lowest BCUT2D eigenvalue weighted by Gasteiger charge is -1.87. The molecule has 0 spiro atoms. The van der Waals surface area contributed by atoms with E-state index in [9.17, 15) is 0 Å². The Kier molecular flexibility index (Phi) is 3.06. The minimum Gasteiger partial charge on any atom is -0.265 e. The van der Waals surface area contributed by atoms with Crippen molar-refractivity contribution in [2.45, 2.75) is 6.92 Å². The lowest BCUT2D eigenvalue weighted by Crippen LogP contribution is -1.68. The Morgan fingerprint density at radius 2 is 2.09 bits per heavy atom. The van der Waals surface area contributed by atoms with Gasteiger partial charge in [0.15, 0.2) is 0 Å². The van der Waals surface area contributed by atoms with E-state index in [0.29, 0.717) is 0 Å². The molecule has 0 aromatic carbocycles. The van der Waals surface area contributed by atoms with Crippen molar-refractivity contribution in [3.63, 3.8) is 0 Å². The van der Waals surface area contributed by atoms with Gasteiger partial charge in [-0.15, -0.1) is 0 Å². The van der Waals surface area contributed by atoms with Gasteiger partial charge in [-0.1, -0.05) is 6.08 Å². The average Bonchev–Trinajstić information content (AvgIpc) is 2.07. The summed E-state index contributed by atoms with van der Waals surface area (Å²) < 4.78 is 0. The van der Waals surface area contributed by atoms with Gasteiger partial charge in [0.1, 0.15) is 0 Å². The largest absolute Gasteiger partial charge is 0.265 e. The lowest BCUT2D eigenvalue weighted by atomic mass is 10.4. The fourth-order valence-corrected chi connectivity index (χ4v) is 0.645. The van der Waals surface area contributed by atoms with Gasteiger partial charge in [-0.2, -0.15) is 0 Å². The van der Waals surface area contributed by atoms with Crippen LogP contribution in [0.4, 0.5) is 5.69 Å². The van der Waals surface area contributed by atoms with E-state index < -0.39 is 0 Å². The maximum absolute atomic E-state index is 4.14. The van der Waals surface area contributed by atoms with E-state index in [1.165, 1.54) is 0 Å². The van der Waals surface area contributed by atoms with Crippen molar-refractivity contribution in [2.75, 3.05) is 0 Å². The zero-order valence-corrected chi connectivity index (χ0v) is 6.44. The van der Waals surface area contributed by atoms with Gasteiger partial charge >= 0.3 is 0 Å². The third-order valence-corrected chi connectivity index (χ3v) is 1.16. The highest BCUT2D eigenvalue weighted by molar-refractivity contribution is 5.74. The maximum atomic E-state index is 4.14. The Morgan fingerprint density at radius 1 is 1.36 bits per heavy atom. The van der Waals surface area contributed by atoms with Crippen LogP contribution in [0.3, 0.4) is 0 Å². The van der Waals surface area contributed by atoms with Gasteiger partial charge in [0, 0.05) is 18.6 Å². The number of hydrogen-bond donors (Lipinski definition) is 0. The van der Waals surface area contributed by atoms with Crippen molar-refractivity contribution in [3.05, 3.63) is 36.7 Å². The summed E-state index contributed by atoms with van der Waals surface area (Å²) in [5.74, 6) is 0. The summed E-state index contributed by atoms with van der Waals surface area (Å²) in [6.45, 7) is 1.96. The monoisotopic (exact) mass is 146 g/mol. The van der Waals surface area contributed by atoms with Gasteiger partial charge < -0.3 is 0 Å². The number of rotatable bonds is 2. The van der Waals surface area contributed by atoms with E-state index in [4.69, 9.17) is 0 Å². The predicted molar refractivity (Wildman–Crippen MR) is 47.2 cm³/mol. The first-order chi connectivity index (χ1) is 5.43. The van der Waals surface area contributed by atoms with E-state index in [0.717, 1.165) is 5.69 Å². The Morgan fingerprint density at radius 3 is 2.73 bits per heavy atom. The van der Waals surface area contributed by atoms with Crippen LogP contribution < -0.4 is 0 Å². The summed E-state index contributed by atoms with van der Waals surface area (Å²) in [7, 11) is 0. The highest BCUT2D eigenvalue weighted by Gasteiger charge is 1.80. The molecule has 0 saturated carbocycles. The van der Waals surface area contributed by atoms with Crippen LogP contribution in [0, 0.1) is 0 Å². The summed E-state index contributed by atoms with van der Waals surface area (Å²) in [6.07, 6.45) is 9.03. The van der Waals surface area contributed by atoms with Gasteiger partial charge in [0.2, 0.25) is 0 Å². The number of pyridine rings is 1. The molecular weight excluding hydrogens is 136 g/mol. The average molecular weight is 146 g/mol. The van der Waals surface area contributed by atoms with Crippen LogP contribution in [-0.2, 0) is 0 Å². The van der Waals surface area contributed by atoms with E-state index >= 15 is 0 Å². The molecule has 11 heavy (non-hydrogen) atoms. The molecule has 0 bridgehead atoms. The van der Waals surface area contributed by atoms with Gasteiger partial charge in [0.05, 0.1) is 5.69 Å². The molecule has 0 N–H and O–H groups in total. The molecule has 0 saturated heterocycles. The summed E-state index contributed by atoms with van der Waals surface area (Å²) >= 11 is 0. The highest BCUT2D eigenvalue weighted by atomic mass is 14.7. The zero-order valence-electron chi connectivity index (χ0n) is 6.44. The van der Waals surface area contributed by atoms with Crippen molar-refractivity contribution in [1.29, 1.82) is 0 Å². The van der Waals surface area contributed by atoms with Crippen LogP contribution in [0.2, 0.25) is 0 Å². The summed E-state index contributed by atoms with van der Waals surface area (Å²) in [5, 5.41) is 0. The molecule has 0 atom stereocenters. The molecule has 0 aliphatic heterocycles. The van der Waals surface area contributed by atoms with Crippen molar-refractivity contribution in [3.8, 4) is 0 Å². The molecule has 0 fully saturated rings. The van der Waals surface area contributed by atoms with Gasteiger partial charge in [-0.25, -0.2) is 0 Å². The molecule has 2 heteroatoms. The van der Waals surface area contributed by atoms with E-state index in [1.54, 1.807) is 18.6 Å². The van der Waals surface area contributed by atoms with Gasteiger partial charge in [-0.05, 0) is 25.1 Å². The number of allylic oxidation sites excluding steroid dienone is 2. The number of hydrogen-bond acceptors (Lipinski definition) is 2. The zero-order chi connectivity index (χ0) is 7.94. The second kappa shape index (κ2) is 4.39. The fraction of sp³-hybridized carbons (Fsp3) is 0.111. The topological polar surface area (TPSA) is 25.2 Å². The van der Waals surface area contributed by atoms with E-state index in [2.05, 4.69) is 9.98 Å². The molecule has 0 amide bonds. The summed E-state index contributed by atoms with van der Waals surface area (Å²) in [6, 6.07) is 3.72. The summed E-state index contributed by atoms with van der Waals surface area (Å²) in [5.41, 5.74) is 0.929. The van der Waals surface area contributed by atoms with Crippen LogP contribution in [0.15, 0.2) is 41.7 Å². The second-order valence-electron chi connectivity index (χ2n) is 2.01. The van der Waals surface area contributed by atoms with Crippen molar-refractivity contribution in [2.24, 2.45) is 4.99 Å². The first-order valence-corrected chi connectivity index (χ1v) is 3.49. The molecule has 1 rings (SSSR count). The first kappa shape index (κ1) is 7.66. The van der Waals surface area contributed by atoms with Gasteiger partial charge in [-0.3, -0.25) is 9.98 Å². The molecule has 1 heterocycles. The molecular formula is C9H10N2. The van der Waals surface area contributed by atoms with Gasteiger partial charge in [0.25, 0.3) is 0 Å².